The average Bonchev–Trinajstić information content (AvgIpc) is 3.23. The van der Waals surface area contributed by atoms with Crippen molar-refractivity contribution in [1.82, 2.24) is 15.1 Å². The van der Waals surface area contributed by atoms with Crippen LogP contribution in [0.1, 0.15) is 13.8 Å². The third-order valence-corrected chi connectivity index (χ3v) is 4.01. The monoisotopic (exact) mass is 331 g/mol. The molecule has 0 radical (unpaired) electrons. The molecule has 24 heavy (non-hydrogen) atoms. The predicted octanol–water partition coefficient (Wildman–Crippen LogP) is 1.78. The summed E-state index contributed by atoms with van der Waals surface area (Å²) in [6.07, 6.45) is 3.59. The number of aromatic nitrogens is 2. The number of carbonyl (C=O) groups excluding carboxylic acids is 1. The minimum Gasteiger partial charge on any atom is -0.454 e. The van der Waals surface area contributed by atoms with Crippen LogP contribution in [0.25, 0.3) is 11.1 Å². The van der Waals surface area contributed by atoms with Crippen molar-refractivity contribution in [2.45, 2.75) is 19.4 Å². The number of nitrogens with zero attached hydrogens (tertiary/aromatic N) is 2. The van der Waals surface area contributed by atoms with Crippen LogP contribution in [0.15, 0.2) is 30.6 Å². The summed E-state index contributed by atoms with van der Waals surface area (Å²) in [5.41, 5.74) is 1.06. The van der Waals surface area contributed by atoms with E-state index in [0.29, 0.717) is 13.2 Å². The highest BCUT2D eigenvalue weighted by molar-refractivity contribution is 5.83. The molecule has 1 amide bonds. The third kappa shape index (κ3) is 3.07. The molecule has 3 rings (SSSR count). The van der Waals surface area contributed by atoms with Crippen LogP contribution < -0.4 is 14.8 Å². The Morgan fingerprint density at radius 3 is 2.92 bits per heavy atom. The van der Waals surface area contributed by atoms with Crippen molar-refractivity contribution >= 4 is 5.91 Å². The third-order valence-electron chi connectivity index (χ3n) is 4.01. The zero-order chi connectivity index (χ0) is 17.2. The number of hydrogen-bond acceptors (Lipinski definition) is 5. The van der Waals surface area contributed by atoms with Crippen molar-refractivity contribution in [2.75, 3.05) is 27.1 Å². The van der Waals surface area contributed by atoms with Gasteiger partial charge in [-0.05, 0) is 31.5 Å². The van der Waals surface area contributed by atoms with Gasteiger partial charge in [0.15, 0.2) is 11.5 Å². The van der Waals surface area contributed by atoms with Crippen LogP contribution in [0.4, 0.5) is 0 Å². The molecule has 0 saturated heterocycles. The Hall–Kier alpha value is -2.54. The summed E-state index contributed by atoms with van der Waals surface area (Å²) in [5, 5.41) is 7.20. The molecule has 0 fully saturated rings. The lowest BCUT2D eigenvalue weighted by Gasteiger charge is -2.24. The fraction of sp³-hybridized carbons (Fsp3) is 0.412. The van der Waals surface area contributed by atoms with Gasteiger partial charge in [-0.15, -0.1) is 0 Å². The minimum atomic E-state index is -0.803. The van der Waals surface area contributed by atoms with Crippen molar-refractivity contribution in [3.8, 4) is 22.6 Å². The molecule has 7 heteroatoms. The molecule has 0 unspecified atom stereocenters. The summed E-state index contributed by atoms with van der Waals surface area (Å²) < 4.78 is 17.3. The molecule has 2 aromatic rings. The lowest BCUT2D eigenvalue weighted by Crippen LogP contribution is -2.45. The fourth-order valence-electron chi connectivity index (χ4n) is 2.44. The predicted molar refractivity (Wildman–Crippen MR) is 88.0 cm³/mol. The lowest BCUT2D eigenvalue weighted by atomic mass is 10.0. The molecule has 1 aliphatic rings. The maximum atomic E-state index is 12.4. The lowest BCUT2D eigenvalue weighted by molar-refractivity contribution is -0.129. The molecule has 0 aliphatic carbocycles. The number of methoxy groups -OCH3 is 1. The van der Waals surface area contributed by atoms with Gasteiger partial charge in [0.25, 0.3) is 0 Å². The van der Waals surface area contributed by atoms with E-state index in [0.717, 1.165) is 22.6 Å². The highest BCUT2D eigenvalue weighted by Gasteiger charge is 2.30. The standard InChI is InChI=1S/C17H21N3O4/c1-17(2,16(21)18-6-7-22-3)20-10-13(9-19-20)12-4-5-14-15(8-12)24-11-23-14/h4-5,8-10H,6-7,11H2,1-3H3,(H,18,21). The minimum absolute atomic E-state index is 0.111. The number of carbonyl (C=O) groups is 1. The molecule has 2 heterocycles. The first-order valence-electron chi connectivity index (χ1n) is 7.75. The number of ether oxygens (including phenoxy) is 3. The normalized spacial score (nSPS) is 13.1. The van der Waals surface area contributed by atoms with Crippen LogP contribution in [0.3, 0.4) is 0 Å². The van der Waals surface area contributed by atoms with Gasteiger partial charge in [-0.3, -0.25) is 9.48 Å². The van der Waals surface area contributed by atoms with Gasteiger partial charge in [0.2, 0.25) is 12.7 Å². The molecule has 0 bridgehead atoms. The van der Waals surface area contributed by atoms with Gasteiger partial charge >= 0.3 is 0 Å². The van der Waals surface area contributed by atoms with Crippen molar-refractivity contribution in [1.29, 1.82) is 0 Å². The molecular formula is C17H21N3O4. The second kappa shape index (κ2) is 6.52. The maximum absolute atomic E-state index is 12.4. The molecule has 1 aromatic heterocycles. The van der Waals surface area contributed by atoms with E-state index in [-0.39, 0.29) is 12.7 Å². The second-order valence-electron chi connectivity index (χ2n) is 6.05. The molecule has 1 N–H and O–H groups in total. The topological polar surface area (TPSA) is 74.6 Å². The summed E-state index contributed by atoms with van der Waals surface area (Å²) in [5.74, 6) is 1.35. The summed E-state index contributed by atoms with van der Waals surface area (Å²) in [6.45, 7) is 4.84. The number of fused-ring (bicyclic) bond motifs is 1. The smallest absolute Gasteiger partial charge is 0.247 e. The summed E-state index contributed by atoms with van der Waals surface area (Å²) in [4.78, 5) is 12.4. The van der Waals surface area contributed by atoms with Crippen LogP contribution in [0.5, 0.6) is 11.5 Å². The summed E-state index contributed by atoms with van der Waals surface area (Å²) in [7, 11) is 1.60. The SMILES string of the molecule is COCCNC(=O)C(C)(C)n1cc(-c2ccc3c(c2)OCO3)cn1. The Morgan fingerprint density at radius 1 is 1.33 bits per heavy atom. The zero-order valence-corrected chi connectivity index (χ0v) is 14.0. The van der Waals surface area contributed by atoms with Gasteiger partial charge < -0.3 is 19.5 Å². The van der Waals surface area contributed by atoms with E-state index in [9.17, 15) is 4.79 Å². The van der Waals surface area contributed by atoms with Crippen LogP contribution in [-0.2, 0) is 15.1 Å². The Labute approximate surface area is 140 Å². The molecule has 0 atom stereocenters. The maximum Gasteiger partial charge on any atom is 0.247 e. The summed E-state index contributed by atoms with van der Waals surface area (Å²) in [6, 6.07) is 5.73. The van der Waals surface area contributed by atoms with Crippen molar-refractivity contribution in [3.63, 3.8) is 0 Å². The average molecular weight is 331 g/mol. The van der Waals surface area contributed by atoms with Gasteiger partial charge in [0.05, 0.1) is 12.8 Å². The molecular weight excluding hydrogens is 310 g/mol. The molecule has 0 saturated carbocycles. The largest absolute Gasteiger partial charge is 0.454 e. The van der Waals surface area contributed by atoms with Crippen LogP contribution in [0.2, 0.25) is 0 Å². The molecule has 128 valence electrons. The van der Waals surface area contributed by atoms with E-state index in [4.69, 9.17) is 14.2 Å². The van der Waals surface area contributed by atoms with E-state index in [1.54, 1.807) is 18.0 Å². The zero-order valence-electron chi connectivity index (χ0n) is 14.0. The summed E-state index contributed by atoms with van der Waals surface area (Å²) >= 11 is 0. The van der Waals surface area contributed by atoms with Crippen LogP contribution in [0, 0.1) is 0 Å². The molecule has 1 aromatic carbocycles. The Kier molecular flexibility index (Phi) is 4.44. The van der Waals surface area contributed by atoms with E-state index < -0.39 is 5.54 Å². The van der Waals surface area contributed by atoms with Gasteiger partial charge in [0.1, 0.15) is 5.54 Å². The van der Waals surface area contributed by atoms with Crippen LogP contribution in [-0.4, -0.2) is 42.7 Å². The number of rotatable bonds is 6. The quantitative estimate of drug-likeness (QED) is 0.817. The number of hydrogen-bond donors (Lipinski definition) is 1. The van der Waals surface area contributed by atoms with Crippen molar-refractivity contribution in [2.24, 2.45) is 0 Å². The highest BCUT2D eigenvalue weighted by Crippen LogP contribution is 2.36. The first-order valence-corrected chi connectivity index (χ1v) is 7.75. The van der Waals surface area contributed by atoms with E-state index >= 15 is 0 Å². The number of nitrogens with one attached hydrogen (secondary N) is 1. The first kappa shape index (κ1) is 16.3. The first-order chi connectivity index (χ1) is 11.5. The van der Waals surface area contributed by atoms with Crippen molar-refractivity contribution < 1.29 is 19.0 Å². The van der Waals surface area contributed by atoms with Gasteiger partial charge in [-0.2, -0.15) is 5.10 Å². The molecule has 0 spiro atoms. The Balaban J connectivity index is 1.78. The van der Waals surface area contributed by atoms with Crippen LogP contribution >= 0.6 is 0 Å². The fourth-order valence-corrected chi connectivity index (χ4v) is 2.44. The molecule has 7 nitrogen and oxygen atoms in total. The van der Waals surface area contributed by atoms with Gasteiger partial charge in [0, 0.05) is 25.4 Å². The van der Waals surface area contributed by atoms with E-state index in [1.807, 2.05) is 38.2 Å². The highest BCUT2D eigenvalue weighted by atomic mass is 16.7. The number of amides is 1. The Morgan fingerprint density at radius 2 is 2.12 bits per heavy atom. The van der Waals surface area contributed by atoms with E-state index in [2.05, 4.69) is 10.4 Å². The second-order valence-corrected chi connectivity index (χ2v) is 6.05. The van der Waals surface area contributed by atoms with Gasteiger partial charge in [-0.25, -0.2) is 0 Å². The number of benzene rings is 1. The van der Waals surface area contributed by atoms with Crippen molar-refractivity contribution in [3.05, 3.63) is 30.6 Å². The van der Waals surface area contributed by atoms with E-state index in [1.165, 1.54) is 0 Å². The van der Waals surface area contributed by atoms with Gasteiger partial charge in [-0.1, -0.05) is 6.07 Å². The molecule has 1 aliphatic heterocycles. The Bertz CT molecular complexity index is 739.